The highest BCUT2D eigenvalue weighted by atomic mass is 35.5. The first-order valence-corrected chi connectivity index (χ1v) is 7.53. The summed E-state index contributed by atoms with van der Waals surface area (Å²) in [6.45, 7) is 1.95. The Hall–Kier alpha value is -2.66. The normalized spacial score (nSPS) is 10.5. The van der Waals surface area contributed by atoms with Crippen LogP contribution in [-0.4, -0.2) is 16.0 Å². The van der Waals surface area contributed by atoms with Gasteiger partial charge in [-0.05, 0) is 30.3 Å². The van der Waals surface area contributed by atoms with Crippen LogP contribution in [-0.2, 0) is 6.42 Å². The van der Waals surface area contributed by atoms with Crippen molar-refractivity contribution in [2.75, 3.05) is 5.32 Å². The van der Waals surface area contributed by atoms with E-state index >= 15 is 0 Å². The van der Waals surface area contributed by atoms with Crippen LogP contribution in [0.1, 0.15) is 23.2 Å². The van der Waals surface area contributed by atoms with E-state index in [2.05, 4.69) is 15.5 Å². The van der Waals surface area contributed by atoms with Crippen molar-refractivity contribution in [3.05, 3.63) is 65.0 Å². The summed E-state index contributed by atoms with van der Waals surface area (Å²) in [6, 6.07) is 14.0. The van der Waals surface area contributed by atoms with Crippen LogP contribution in [0.4, 0.5) is 5.69 Å². The molecular weight excluding hydrogens is 314 g/mol. The summed E-state index contributed by atoms with van der Waals surface area (Å²) in [7, 11) is 0. The fourth-order valence-electron chi connectivity index (χ4n) is 2.06. The number of anilines is 1. The molecule has 3 aromatic rings. The molecule has 2 aromatic carbocycles. The van der Waals surface area contributed by atoms with Gasteiger partial charge in [-0.2, -0.15) is 4.98 Å². The number of nitrogens with one attached hydrogen (secondary N) is 1. The van der Waals surface area contributed by atoms with E-state index < -0.39 is 0 Å². The Labute approximate surface area is 138 Å². The maximum Gasteiger partial charge on any atom is 0.255 e. The van der Waals surface area contributed by atoms with E-state index in [1.54, 1.807) is 48.5 Å². The number of carbonyl (C=O) groups is 1. The van der Waals surface area contributed by atoms with Crippen LogP contribution in [0, 0.1) is 0 Å². The Morgan fingerprint density at radius 3 is 2.65 bits per heavy atom. The van der Waals surface area contributed by atoms with Gasteiger partial charge in [0.2, 0.25) is 11.7 Å². The Bertz CT molecular complexity index is 828. The van der Waals surface area contributed by atoms with Crippen molar-refractivity contribution < 1.29 is 9.32 Å². The topological polar surface area (TPSA) is 68.0 Å². The Kier molecular flexibility index (Phi) is 4.39. The molecule has 0 unspecified atom stereocenters. The largest absolute Gasteiger partial charge is 0.339 e. The van der Waals surface area contributed by atoms with Gasteiger partial charge in [-0.25, -0.2) is 0 Å². The fourth-order valence-corrected chi connectivity index (χ4v) is 2.25. The molecule has 1 aromatic heterocycles. The Morgan fingerprint density at radius 2 is 2.00 bits per heavy atom. The number of amides is 1. The zero-order valence-corrected chi connectivity index (χ0v) is 13.2. The number of benzene rings is 2. The van der Waals surface area contributed by atoms with E-state index in [1.165, 1.54) is 0 Å². The lowest BCUT2D eigenvalue weighted by atomic mass is 10.1. The third-order valence-corrected chi connectivity index (χ3v) is 3.49. The predicted octanol–water partition coefficient (Wildman–Crippen LogP) is 4.20. The van der Waals surface area contributed by atoms with Crippen molar-refractivity contribution >= 4 is 23.2 Å². The fraction of sp³-hybridized carbons (Fsp3) is 0.118. The number of hydrogen-bond donors (Lipinski definition) is 1. The van der Waals surface area contributed by atoms with Crippen LogP contribution in [0.25, 0.3) is 11.4 Å². The molecule has 23 heavy (non-hydrogen) atoms. The van der Waals surface area contributed by atoms with Crippen molar-refractivity contribution in [3.8, 4) is 11.4 Å². The summed E-state index contributed by atoms with van der Waals surface area (Å²) in [5.41, 5.74) is 1.98. The average Bonchev–Trinajstić information content (AvgIpc) is 3.04. The first-order chi connectivity index (χ1) is 11.2. The quantitative estimate of drug-likeness (QED) is 0.779. The molecule has 3 rings (SSSR count). The second-order valence-corrected chi connectivity index (χ2v) is 5.34. The third kappa shape index (κ3) is 3.57. The van der Waals surface area contributed by atoms with Crippen molar-refractivity contribution in [1.29, 1.82) is 0 Å². The molecule has 6 heteroatoms. The predicted molar refractivity (Wildman–Crippen MR) is 88.5 cm³/mol. The van der Waals surface area contributed by atoms with Gasteiger partial charge in [-0.3, -0.25) is 4.79 Å². The van der Waals surface area contributed by atoms with E-state index in [9.17, 15) is 4.79 Å². The molecule has 0 spiro atoms. The zero-order chi connectivity index (χ0) is 16.2. The summed E-state index contributed by atoms with van der Waals surface area (Å²) in [5, 5.41) is 7.28. The van der Waals surface area contributed by atoms with Gasteiger partial charge in [0.1, 0.15) is 0 Å². The number of aromatic nitrogens is 2. The van der Waals surface area contributed by atoms with E-state index in [0.717, 1.165) is 5.56 Å². The SMILES string of the molecule is CCc1nc(-c2ccc(C(=O)Nc3cccc(Cl)c3)cc2)no1. The number of halogens is 1. The van der Waals surface area contributed by atoms with Crippen molar-refractivity contribution in [2.24, 2.45) is 0 Å². The van der Waals surface area contributed by atoms with Gasteiger partial charge in [0.25, 0.3) is 5.91 Å². The molecule has 0 atom stereocenters. The third-order valence-electron chi connectivity index (χ3n) is 3.26. The minimum Gasteiger partial charge on any atom is -0.339 e. The van der Waals surface area contributed by atoms with Crippen molar-refractivity contribution in [3.63, 3.8) is 0 Å². The first-order valence-electron chi connectivity index (χ1n) is 7.15. The molecule has 0 saturated carbocycles. The second kappa shape index (κ2) is 6.62. The molecule has 0 aliphatic carbocycles. The highest BCUT2D eigenvalue weighted by Crippen LogP contribution is 2.19. The molecule has 0 aliphatic rings. The van der Waals surface area contributed by atoms with Crippen LogP contribution >= 0.6 is 11.6 Å². The Morgan fingerprint density at radius 1 is 1.22 bits per heavy atom. The molecular formula is C17H14ClN3O2. The molecule has 1 heterocycles. The molecule has 0 saturated heterocycles. The molecule has 116 valence electrons. The smallest absolute Gasteiger partial charge is 0.255 e. The lowest BCUT2D eigenvalue weighted by Crippen LogP contribution is -2.11. The van der Waals surface area contributed by atoms with Crippen LogP contribution in [0.2, 0.25) is 5.02 Å². The first kappa shape index (κ1) is 15.2. The molecule has 1 amide bonds. The van der Waals surface area contributed by atoms with Crippen LogP contribution < -0.4 is 5.32 Å². The molecule has 0 bridgehead atoms. The zero-order valence-electron chi connectivity index (χ0n) is 12.4. The summed E-state index contributed by atoms with van der Waals surface area (Å²) in [4.78, 5) is 16.5. The molecule has 1 N–H and O–H groups in total. The summed E-state index contributed by atoms with van der Waals surface area (Å²) < 4.78 is 5.08. The Balaban J connectivity index is 1.75. The molecule has 0 radical (unpaired) electrons. The standard InChI is InChI=1S/C17H14ClN3O2/c1-2-15-20-16(21-23-15)11-6-8-12(9-7-11)17(22)19-14-5-3-4-13(18)10-14/h3-10H,2H2,1H3,(H,19,22). The lowest BCUT2D eigenvalue weighted by Gasteiger charge is -2.06. The van der Waals surface area contributed by atoms with Gasteiger partial charge < -0.3 is 9.84 Å². The van der Waals surface area contributed by atoms with E-state index in [-0.39, 0.29) is 5.91 Å². The molecule has 0 aliphatic heterocycles. The van der Waals surface area contributed by atoms with Crippen LogP contribution in [0.3, 0.4) is 0 Å². The van der Waals surface area contributed by atoms with Gasteiger partial charge in [-0.1, -0.05) is 41.9 Å². The van der Waals surface area contributed by atoms with Crippen LogP contribution in [0.5, 0.6) is 0 Å². The monoisotopic (exact) mass is 327 g/mol. The summed E-state index contributed by atoms with van der Waals surface area (Å²) in [6.07, 6.45) is 0.688. The van der Waals surface area contributed by atoms with Gasteiger partial charge >= 0.3 is 0 Å². The maximum absolute atomic E-state index is 12.2. The number of carbonyl (C=O) groups excluding carboxylic acids is 1. The minimum absolute atomic E-state index is 0.207. The summed E-state index contributed by atoms with van der Waals surface area (Å²) >= 11 is 5.90. The minimum atomic E-state index is -0.207. The number of nitrogens with zero attached hydrogens (tertiary/aromatic N) is 2. The molecule has 0 fully saturated rings. The van der Waals surface area contributed by atoms with Gasteiger partial charge in [0.05, 0.1) is 0 Å². The van der Waals surface area contributed by atoms with Gasteiger partial charge in [0.15, 0.2) is 0 Å². The van der Waals surface area contributed by atoms with E-state index in [0.29, 0.717) is 34.4 Å². The number of rotatable bonds is 4. The average molecular weight is 328 g/mol. The van der Waals surface area contributed by atoms with E-state index in [1.807, 2.05) is 6.92 Å². The lowest BCUT2D eigenvalue weighted by molar-refractivity contribution is 0.102. The highest BCUT2D eigenvalue weighted by Gasteiger charge is 2.10. The van der Waals surface area contributed by atoms with Crippen LogP contribution in [0.15, 0.2) is 53.1 Å². The second-order valence-electron chi connectivity index (χ2n) is 4.91. The van der Waals surface area contributed by atoms with Crippen molar-refractivity contribution in [2.45, 2.75) is 13.3 Å². The maximum atomic E-state index is 12.2. The highest BCUT2D eigenvalue weighted by molar-refractivity contribution is 6.30. The van der Waals surface area contributed by atoms with E-state index in [4.69, 9.17) is 16.1 Å². The number of hydrogen-bond acceptors (Lipinski definition) is 4. The van der Waals surface area contributed by atoms with Gasteiger partial charge in [0, 0.05) is 28.3 Å². The molecule has 5 nitrogen and oxygen atoms in total. The van der Waals surface area contributed by atoms with Gasteiger partial charge in [-0.15, -0.1) is 0 Å². The number of aryl methyl sites for hydroxylation is 1. The summed E-state index contributed by atoms with van der Waals surface area (Å²) in [5.74, 6) is 0.896. The van der Waals surface area contributed by atoms with Crippen molar-refractivity contribution in [1.82, 2.24) is 10.1 Å².